The molecule has 2 aromatic carbocycles. The Morgan fingerprint density at radius 1 is 1.07 bits per heavy atom. The van der Waals surface area contributed by atoms with E-state index in [1.54, 1.807) is 29.2 Å². The van der Waals surface area contributed by atoms with Gasteiger partial charge in [0.1, 0.15) is 34.5 Å². The molecule has 45 heavy (non-hydrogen) atoms. The van der Waals surface area contributed by atoms with Crippen LogP contribution in [0.5, 0.6) is 5.75 Å². The van der Waals surface area contributed by atoms with Gasteiger partial charge in [-0.15, -0.1) is 0 Å². The van der Waals surface area contributed by atoms with Crippen molar-refractivity contribution in [3.05, 3.63) is 65.5 Å². The fourth-order valence-electron chi connectivity index (χ4n) is 5.40. The number of halogens is 4. The summed E-state index contributed by atoms with van der Waals surface area (Å²) in [4.78, 5) is 33.6. The van der Waals surface area contributed by atoms with E-state index in [-0.39, 0.29) is 23.1 Å². The Morgan fingerprint density at radius 2 is 1.84 bits per heavy atom. The number of likely N-dealkylation sites (tertiary alicyclic amines) is 1. The lowest BCUT2D eigenvalue weighted by Gasteiger charge is -2.32. The summed E-state index contributed by atoms with van der Waals surface area (Å²) in [6.45, 7) is 2.87. The number of hydrogen-bond acceptors (Lipinski definition) is 8. The Kier molecular flexibility index (Phi) is 8.78. The maximum atomic E-state index is 14.3. The molecule has 2 aliphatic heterocycles. The zero-order chi connectivity index (χ0) is 31.5. The molecule has 2 saturated heterocycles. The smallest absolute Gasteiger partial charge is 0.343 e. The molecule has 0 radical (unpaired) electrons. The number of nitrogens with zero attached hydrogens (tertiary/aromatic N) is 7. The second kappa shape index (κ2) is 13.1. The average Bonchev–Trinajstić information content (AvgIpc) is 3.45. The van der Waals surface area contributed by atoms with Crippen LogP contribution in [0.2, 0.25) is 0 Å². The van der Waals surface area contributed by atoms with Crippen molar-refractivity contribution in [3.63, 3.8) is 0 Å². The van der Waals surface area contributed by atoms with Gasteiger partial charge in [-0.3, -0.25) is 4.57 Å². The molecule has 1 N–H and O–H groups in total. The van der Waals surface area contributed by atoms with Crippen molar-refractivity contribution in [3.8, 4) is 11.7 Å². The molecule has 2 aliphatic rings. The number of para-hydroxylation sites is 1. The van der Waals surface area contributed by atoms with Gasteiger partial charge >= 0.3 is 6.03 Å². The van der Waals surface area contributed by atoms with Crippen LogP contribution in [0.1, 0.15) is 30.7 Å². The number of carbonyl (C=O) groups is 1. The molecule has 0 bridgehead atoms. The van der Waals surface area contributed by atoms with Gasteiger partial charge in [-0.2, -0.15) is 9.97 Å². The van der Waals surface area contributed by atoms with E-state index in [0.717, 1.165) is 18.3 Å². The summed E-state index contributed by atoms with van der Waals surface area (Å²) in [5.74, 6) is -0.670. The van der Waals surface area contributed by atoms with Gasteiger partial charge in [-0.05, 0) is 37.1 Å². The van der Waals surface area contributed by atoms with E-state index in [4.69, 9.17) is 9.47 Å². The lowest BCUT2D eigenvalue weighted by atomic mass is 10.1. The van der Waals surface area contributed by atoms with Crippen LogP contribution in [0.3, 0.4) is 0 Å². The topological polar surface area (TPSA) is 110 Å². The van der Waals surface area contributed by atoms with Gasteiger partial charge in [0, 0.05) is 56.1 Å². The normalized spacial score (nSPS) is 16.2. The number of methoxy groups -OCH3 is 1. The van der Waals surface area contributed by atoms with E-state index in [9.17, 15) is 22.4 Å². The highest BCUT2D eigenvalue weighted by atomic mass is 19.3. The predicted molar refractivity (Wildman–Crippen MR) is 159 cm³/mol. The number of alkyl halides is 2. The molecule has 0 saturated carbocycles. The van der Waals surface area contributed by atoms with Crippen LogP contribution in [0, 0.1) is 11.6 Å². The summed E-state index contributed by atoms with van der Waals surface area (Å²) < 4.78 is 67.8. The molecule has 15 heteroatoms. The number of anilines is 2. The van der Waals surface area contributed by atoms with Crippen LogP contribution in [0.15, 0.2) is 47.5 Å². The van der Waals surface area contributed by atoms with Gasteiger partial charge in [-0.25, -0.2) is 32.3 Å². The summed E-state index contributed by atoms with van der Waals surface area (Å²) in [6, 6.07) is 9.18. The molecule has 2 aromatic heterocycles. The van der Waals surface area contributed by atoms with E-state index in [1.165, 1.54) is 17.7 Å². The van der Waals surface area contributed by atoms with Crippen LogP contribution in [-0.2, 0) is 4.74 Å². The van der Waals surface area contributed by atoms with E-state index in [1.807, 2.05) is 4.90 Å². The number of hydrogen-bond donors (Lipinski definition) is 1. The minimum atomic E-state index is -2.90. The number of imidazole rings is 1. The fourth-order valence-corrected chi connectivity index (χ4v) is 5.40. The number of piperidine rings is 1. The number of fused-ring (bicyclic) bond motifs is 1. The molecule has 11 nitrogen and oxygen atoms in total. The first kappa shape index (κ1) is 30.2. The van der Waals surface area contributed by atoms with Crippen LogP contribution < -0.4 is 15.0 Å². The van der Waals surface area contributed by atoms with Crippen molar-refractivity contribution in [1.82, 2.24) is 24.4 Å². The van der Waals surface area contributed by atoms with E-state index >= 15 is 0 Å². The SMILES string of the molecule is COc1cccc2c1nc(C(F)F)n2-c1nc(NC2CCN(C(=O)N=Cc3ccc(F)cc3F)CC2)cc(N2CCOCC2)n1. The van der Waals surface area contributed by atoms with Gasteiger partial charge < -0.3 is 24.6 Å². The molecule has 236 valence electrons. The number of benzene rings is 2. The zero-order valence-electron chi connectivity index (χ0n) is 24.3. The van der Waals surface area contributed by atoms with Crippen molar-refractivity contribution >= 4 is 34.9 Å². The lowest BCUT2D eigenvalue weighted by Crippen LogP contribution is -2.41. The highest BCUT2D eigenvalue weighted by molar-refractivity contribution is 5.91. The third-order valence-electron chi connectivity index (χ3n) is 7.72. The number of ether oxygens (including phenoxy) is 2. The number of morpholine rings is 1. The first-order chi connectivity index (χ1) is 21.8. The van der Waals surface area contributed by atoms with Gasteiger partial charge in [0.25, 0.3) is 6.43 Å². The molecule has 2 amide bonds. The molecule has 0 unspecified atom stereocenters. The van der Waals surface area contributed by atoms with Crippen LogP contribution in [-0.4, -0.2) is 89.2 Å². The van der Waals surface area contributed by atoms with Crippen molar-refractivity contribution in [2.75, 3.05) is 56.7 Å². The number of urea groups is 1. The Morgan fingerprint density at radius 3 is 2.56 bits per heavy atom. The van der Waals surface area contributed by atoms with Crippen LogP contribution >= 0.6 is 0 Å². The van der Waals surface area contributed by atoms with Crippen molar-refractivity contribution in [2.45, 2.75) is 25.3 Å². The van der Waals surface area contributed by atoms with Crippen LogP contribution in [0.25, 0.3) is 17.0 Å². The van der Waals surface area contributed by atoms with Gasteiger partial charge in [0.2, 0.25) is 5.95 Å². The lowest BCUT2D eigenvalue weighted by molar-refractivity contribution is 0.122. The highest BCUT2D eigenvalue weighted by Crippen LogP contribution is 2.33. The predicted octanol–water partition coefficient (Wildman–Crippen LogP) is 4.99. The van der Waals surface area contributed by atoms with E-state index in [0.29, 0.717) is 75.1 Å². The molecule has 4 aromatic rings. The molecular weight excluding hydrogens is 596 g/mol. The molecule has 0 spiro atoms. The Labute approximate surface area is 255 Å². The highest BCUT2D eigenvalue weighted by Gasteiger charge is 2.27. The van der Waals surface area contributed by atoms with Crippen molar-refractivity contribution in [2.24, 2.45) is 4.99 Å². The molecular formula is C30H30F4N8O3. The third kappa shape index (κ3) is 6.53. The maximum Gasteiger partial charge on any atom is 0.343 e. The van der Waals surface area contributed by atoms with Crippen LogP contribution in [0.4, 0.5) is 34.0 Å². The number of aliphatic imine (C=N–C) groups is 1. The molecule has 4 heterocycles. The molecule has 0 atom stereocenters. The van der Waals surface area contributed by atoms with E-state index < -0.39 is 29.9 Å². The van der Waals surface area contributed by atoms with Gasteiger partial charge in [0.15, 0.2) is 5.82 Å². The molecule has 2 fully saturated rings. The summed E-state index contributed by atoms with van der Waals surface area (Å²) >= 11 is 0. The third-order valence-corrected chi connectivity index (χ3v) is 7.72. The van der Waals surface area contributed by atoms with Gasteiger partial charge in [0.05, 0.1) is 25.8 Å². The summed E-state index contributed by atoms with van der Waals surface area (Å²) in [7, 11) is 1.45. The molecule has 0 aliphatic carbocycles. The number of carbonyl (C=O) groups excluding carboxylic acids is 1. The summed E-state index contributed by atoms with van der Waals surface area (Å²) in [5.41, 5.74) is 0.658. The largest absolute Gasteiger partial charge is 0.494 e. The standard InChI is InChI=1S/C30H30F4N8O3/c1-44-23-4-2-3-22-26(23)39-28(27(33)34)42(22)29-37-24(16-25(38-29)40-11-13-45-14-12-40)36-20-7-9-41(10-8-20)30(43)35-17-18-5-6-19(31)15-21(18)32/h2-6,15-17,20,27H,7-14H2,1H3,(H,36,37,38). The number of aromatic nitrogens is 4. The van der Waals surface area contributed by atoms with Crippen molar-refractivity contribution < 1.29 is 31.8 Å². The average molecular weight is 627 g/mol. The Balaban J connectivity index is 1.24. The van der Waals surface area contributed by atoms with Crippen molar-refractivity contribution in [1.29, 1.82) is 0 Å². The number of amides is 2. The van der Waals surface area contributed by atoms with E-state index in [2.05, 4.69) is 25.3 Å². The minimum absolute atomic E-state index is 0.0102. The summed E-state index contributed by atoms with van der Waals surface area (Å²) in [6.07, 6.45) is -0.726. The zero-order valence-corrected chi connectivity index (χ0v) is 24.3. The quantitative estimate of drug-likeness (QED) is 0.226. The molecule has 6 rings (SSSR count). The Hall–Kier alpha value is -4.79. The number of rotatable bonds is 7. The second-order valence-corrected chi connectivity index (χ2v) is 10.6. The van der Waals surface area contributed by atoms with Gasteiger partial charge in [-0.1, -0.05) is 6.07 Å². The minimum Gasteiger partial charge on any atom is -0.494 e. The fraction of sp³-hybridized carbons (Fsp3) is 0.367. The monoisotopic (exact) mass is 626 g/mol. The maximum absolute atomic E-state index is 14.3. The Bertz CT molecular complexity index is 1720. The first-order valence-electron chi connectivity index (χ1n) is 14.4. The summed E-state index contributed by atoms with van der Waals surface area (Å²) in [5, 5.41) is 3.40. The second-order valence-electron chi connectivity index (χ2n) is 10.6. The number of nitrogens with one attached hydrogen (secondary N) is 1. The first-order valence-corrected chi connectivity index (χ1v) is 14.4.